The van der Waals surface area contributed by atoms with Gasteiger partial charge in [0.1, 0.15) is 5.82 Å². The second kappa shape index (κ2) is 9.91. The number of halogens is 2. The Labute approximate surface area is 161 Å². The average molecular weight is 399 g/mol. The summed E-state index contributed by atoms with van der Waals surface area (Å²) in [5.41, 5.74) is 0.0672. The number of hydrogen-bond donors (Lipinski definition) is 0. The van der Waals surface area contributed by atoms with Gasteiger partial charge < -0.3 is 19.3 Å². The summed E-state index contributed by atoms with van der Waals surface area (Å²) in [6.45, 7) is 2.94. The lowest BCUT2D eigenvalue weighted by molar-refractivity contribution is -0.148. The fourth-order valence-corrected chi connectivity index (χ4v) is 2.67. The van der Waals surface area contributed by atoms with Gasteiger partial charge in [0, 0.05) is 37.8 Å². The Hall–Kier alpha value is -2.61. The number of piperazine rings is 1. The van der Waals surface area contributed by atoms with Crippen LogP contribution in [0.2, 0.25) is 5.02 Å². The molecule has 1 saturated heterocycles. The highest BCUT2D eigenvalue weighted by molar-refractivity contribution is 6.32. The SMILES string of the molecule is CCOC(=O)N1CCN(C(=O)COC(=O)/C=C/c2c(F)cccc2Cl)CC1. The van der Waals surface area contributed by atoms with Gasteiger partial charge in [0.15, 0.2) is 6.61 Å². The van der Waals surface area contributed by atoms with Crippen LogP contribution in [0.25, 0.3) is 6.08 Å². The van der Waals surface area contributed by atoms with Crippen molar-refractivity contribution in [3.8, 4) is 0 Å². The maximum Gasteiger partial charge on any atom is 0.409 e. The second-order valence-electron chi connectivity index (χ2n) is 5.64. The Morgan fingerprint density at radius 1 is 1.15 bits per heavy atom. The number of amides is 2. The van der Waals surface area contributed by atoms with E-state index in [2.05, 4.69) is 0 Å². The molecule has 9 heteroatoms. The Bertz CT molecular complexity index is 712. The van der Waals surface area contributed by atoms with E-state index in [1.807, 2.05) is 0 Å². The van der Waals surface area contributed by atoms with Gasteiger partial charge >= 0.3 is 12.1 Å². The van der Waals surface area contributed by atoms with E-state index in [1.165, 1.54) is 34.1 Å². The summed E-state index contributed by atoms with van der Waals surface area (Å²) in [6, 6.07) is 4.17. The molecule has 2 rings (SSSR count). The van der Waals surface area contributed by atoms with Gasteiger partial charge in [0.25, 0.3) is 5.91 Å². The number of carbonyl (C=O) groups excluding carboxylic acids is 3. The number of ether oxygens (including phenoxy) is 2. The summed E-state index contributed by atoms with van der Waals surface area (Å²) < 4.78 is 23.4. The molecule has 2 amide bonds. The zero-order valence-corrected chi connectivity index (χ0v) is 15.6. The first kappa shape index (κ1) is 20.7. The van der Waals surface area contributed by atoms with Crippen LogP contribution in [0.3, 0.4) is 0 Å². The van der Waals surface area contributed by atoms with E-state index in [-0.39, 0.29) is 16.5 Å². The largest absolute Gasteiger partial charge is 0.452 e. The minimum atomic E-state index is -0.784. The van der Waals surface area contributed by atoms with Crippen LogP contribution in [0.1, 0.15) is 12.5 Å². The highest BCUT2D eigenvalue weighted by Gasteiger charge is 2.25. The Kier molecular flexibility index (Phi) is 7.60. The predicted molar refractivity (Wildman–Crippen MR) is 96.6 cm³/mol. The predicted octanol–water partition coefficient (Wildman–Crippen LogP) is 2.34. The average Bonchev–Trinajstić information content (AvgIpc) is 2.66. The summed E-state index contributed by atoms with van der Waals surface area (Å²) >= 11 is 5.85. The fraction of sp³-hybridized carbons (Fsp3) is 0.389. The number of benzene rings is 1. The van der Waals surface area contributed by atoms with E-state index in [0.717, 1.165) is 6.08 Å². The van der Waals surface area contributed by atoms with Crippen molar-refractivity contribution in [2.24, 2.45) is 0 Å². The number of rotatable bonds is 5. The maximum atomic E-state index is 13.6. The van der Waals surface area contributed by atoms with Crippen LogP contribution in [-0.2, 0) is 19.1 Å². The van der Waals surface area contributed by atoms with Crippen molar-refractivity contribution >= 4 is 35.6 Å². The van der Waals surface area contributed by atoms with Crippen molar-refractivity contribution in [1.82, 2.24) is 9.80 Å². The van der Waals surface area contributed by atoms with Crippen molar-refractivity contribution < 1.29 is 28.2 Å². The minimum Gasteiger partial charge on any atom is -0.452 e. The molecule has 1 aromatic rings. The van der Waals surface area contributed by atoms with Crippen LogP contribution in [0.5, 0.6) is 0 Å². The molecule has 0 radical (unpaired) electrons. The lowest BCUT2D eigenvalue weighted by Gasteiger charge is -2.33. The molecule has 1 aliphatic rings. The quantitative estimate of drug-likeness (QED) is 0.562. The highest BCUT2D eigenvalue weighted by Crippen LogP contribution is 2.20. The zero-order valence-electron chi connectivity index (χ0n) is 14.8. The smallest absolute Gasteiger partial charge is 0.409 e. The summed E-state index contributed by atoms with van der Waals surface area (Å²) in [4.78, 5) is 38.4. The molecule has 27 heavy (non-hydrogen) atoms. The Balaban J connectivity index is 1.78. The first-order chi connectivity index (χ1) is 12.9. The van der Waals surface area contributed by atoms with Gasteiger partial charge in [-0.15, -0.1) is 0 Å². The molecule has 0 bridgehead atoms. The maximum absolute atomic E-state index is 13.6. The number of carbonyl (C=O) groups is 3. The van der Waals surface area contributed by atoms with E-state index in [9.17, 15) is 18.8 Å². The van der Waals surface area contributed by atoms with Gasteiger partial charge in [-0.1, -0.05) is 17.7 Å². The molecule has 0 atom stereocenters. The molecule has 1 heterocycles. The minimum absolute atomic E-state index is 0.0672. The highest BCUT2D eigenvalue weighted by atomic mass is 35.5. The molecule has 0 saturated carbocycles. The lowest BCUT2D eigenvalue weighted by Crippen LogP contribution is -2.51. The van der Waals surface area contributed by atoms with Gasteiger partial charge in [-0.05, 0) is 25.1 Å². The summed E-state index contributed by atoms with van der Waals surface area (Å²) in [7, 11) is 0. The van der Waals surface area contributed by atoms with Gasteiger partial charge in [0.05, 0.1) is 11.6 Å². The third-order valence-electron chi connectivity index (χ3n) is 3.88. The standard InChI is InChI=1S/C18H20ClFN2O5/c1-2-26-18(25)22-10-8-21(9-11-22)16(23)12-27-17(24)7-6-13-14(19)4-3-5-15(13)20/h3-7H,2,8-12H2,1H3/b7-6+. The van der Waals surface area contributed by atoms with Gasteiger partial charge in [0.2, 0.25) is 0 Å². The number of nitrogens with zero attached hydrogens (tertiary/aromatic N) is 2. The molecule has 0 aromatic heterocycles. The first-order valence-electron chi connectivity index (χ1n) is 8.40. The van der Waals surface area contributed by atoms with Crippen molar-refractivity contribution in [2.75, 3.05) is 39.4 Å². The van der Waals surface area contributed by atoms with Crippen LogP contribution in [0.15, 0.2) is 24.3 Å². The van der Waals surface area contributed by atoms with E-state index >= 15 is 0 Å². The van der Waals surface area contributed by atoms with Crippen LogP contribution in [0.4, 0.5) is 9.18 Å². The molecule has 1 aromatic carbocycles. The molecule has 1 fully saturated rings. The molecule has 0 spiro atoms. The van der Waals surface area contributed by atoms with Gasteiger partial charge in [-0.3, -0.25) is 4.79 Å². The molecular weight excluding hydrogens is 379 g/mol. The van der Waals surface area contributed by atoms with Gasteiger partial charge in [-0.2, -0.15) is 0 Å². The van der Waals surface area contributed by atoms with Crippen LogP contribution in [-0.4, -0.2) is 67.2 Å². The second-order valence-corrected chi connectivity index (χ2v) is 6.05. The van der Waals surface area contributed by atoms with Crippen molar-refractivity contribution in [3.05, 3.63) is 40.7 Å². The van der Waals surface area contributed by atoms with Gasteiger partial charge in [-0.25, -0.2) is 14.0 Å². The monoisotopic (exact) mass is 398 g/mol. The van der Waals surface area contributed by atoms with Crippen LogP contribution in [0, 0.1) is 5.82 Å². The molecule has 7 nitrogen and oxygen atoms in total. The Morgan fingerprint density at radius 3 is 2.44 bits per heavy atom. The third kappa shape index (κ3) is 5.96. The van der Waals surface area contributed by atoms with Crippen molar-refractivity contribution in [2.45, 2.75) is 6.92 Å². The number of hydrogen-bond acceptors (Lipinski definition) is 5. The fourth-order valence-electron chi connectivity index (χ4n) is 2.45. The van der Waals surface area contributed by atoms with Crippen molar-refractivity contribution in [3.63, 3.8) is 0 Å². The molecular formula is C18H20ClFN2O5. The molecule has 1 aliphatic heterocycles. The molecule has 0 aliphatic carbocycles. The summed E-state index contributed by atoms with van der Waals surface area (Å²) in [6.07, 6.45) is 1.80. The third-order valence-corrected chi connectivity index (χ3v) is 4.21. The first-order valence-corrected chi connectivity index (χ1v) is 8.78. The van der Waals surface area contributed by atoms with Crippen molar-refractivity contribution in [1.29, 1.82) is 0 Å². The topological polar surface area (TPSA) is 76.2 Å². The number of esters is 1. The van der Waals surface area contributed by atoms with Crippen LogP contribution < -0.4 is 0 Å². The molecule has 146 valence electrons. The Morgan fingerprint density at radius 2 is 1.81 bits per heavy atom. The molecule has 0 N–H and O–H groups in total. The lowest BCUT2D eigenvalue weighted by atomic mass is 10.2. The van der Waals surface area contributed by atoms with Crippen LogP contribution >= 0.6 is 11.6 Å². The zero-order chi connectivity index (χ0) is 19.8. The van der Waals surface area contributed by atoms with E-state index in [0.29, 0.717) is 32.8 Å². The molecule has 0 unspecified atom stereocenters. The van der Waals surface area contributed by atoms with E-state index in [4.69, 9.17) is 21.1 Å². The summed E-state index contributed by atoms with van der Waals surface area (Å²) in [5, 5.41) is 0.162. The normalized spacial score (nSPS) is 14.3. The van der Waals surface area contributed by atoms with E-state index in [1.54, 1.807) is 6.92 Å². The van der Waals surface area contributed by atoms with E-state index < -0.39 is 24.5 Å². The summed E-state index contributed by atoms with van der Waals surface area (Å²) in [5.74, 6) is -1.72.